The van der Waals surface area contributed by atoms with Gasteiger partial charge >= 0.3 is 21.1 Å². The number of allylic oxidation sites excluding steroid dienone is 8. The van der Waals surface area contributed by atoms with Gasteiger partial charge < -0.3 is 0 Å². The normalized spacial score (nSPS) is 34.9. The Morgan fingerprint density at radius 2 is 1.04 bits per heavy atom. The van der Waals surface area contributed by atoms with Crippen molar-refractivity contribution in [3.63, 3.8) is 0 Å². The van der Waals surface area contributed by atoms with E-state index in [2.05, 4.69) is 157 Å². The molecular formula is C46H31N3Pt. The van der Waals surface area contributed by atoms with Gasteiger partial charge in [-0.15, -0.1) is 69.8 Å². The molecule has 2 heterocycles. The van der Waals surface area contributed by atoms with Crippen molar-refractivity contribution < 1.29 is 21.1 Å². The predicted octanol–water partition coefficient (Wildman–Crippen LogP) is 9.98. The van der Waals surface area contributed by atoms with E-state index in [1.54, 1.807) is 0 Å². The summed E-state index contributed by atoms with van der Waals surface area (Å²) in [5.41, 5.74) is 11.4. The molecule has 13 rings (SSSR count). The number of rotatable bonds is 5. The van der Waals surface area contributed by atoms with Gasteiger partial charge in [0, 0.05) is 16.5 Å². The number of anilines is 3. The summed E-state index contributed by atoms with van der Waals surface area (Å²) in [4.78, 5) is 12.8. The number of pyridine rings is 2. The monoisotopic (exact) mass is 820 g/mol. The van der Waals surface area contributed by atoms with Crippen LogP contribution in [0.3, 0.4) is 0 Å². The van der Waals surface area contributed by atoms with Gasteiger partial charge in [0.2, 0.25) is 0 Å². The van der Waals surface area contributed by atoms with Crippen LogP contribution in [0.4, 0.5) is 17.3 Å². The Hall–Kier alpha value is -4.59. The molecule has 0 N–H and O–H groups in total. The number of aromatic nitrogens is 2. The van der Waals surface area contributed by atoms with Gasteiger partial charge in [0.25, 0.3) is 0 Å². The zero-order chi connectivity index (χ0) is 31.6. The van der Waals surface area contributed by atoms with Gasteiger partial charge in [-0.3, -0.25) is 14.9 Å². The fourth-order valence-electron chi connectivity index (χ4n) is 11.4. The molecule has 0 saturated heterocycles. The molecule has 0 amide bonds. The van der Waals surface area contributed by atoms with Crippen LogP contribution in [0.2, 0.25) is 0 Å². The van der Waals surface area contributed by atoms with Gasteiger partial charge in [0.15, 0.2) is 0 Å². The van der Waals surface area contributed by atoms with Gasteiger partial charge in [-0.2, -0.15) is 0 Å². The minimum Gasteiger partial charge on any atom is -0.280 e. The van der Waals surface area contributed by atoms with Crippen LogP contribution >= 0.6 is 0 Å². The van der Waals surface area contributed by atoms with Crippen LogP contribution in [-0.2, 0) is 21.1 Å². The van der Waals surface area contributed by atoms with Gasteiger partial charge in [-0.1, -0.05) is 91.1 Å². The van der Waals surface area contributed by atoms with Crippen molar-refractivity contribution in [2.75, 3.05) is 4.90 Å². The fourth-order valence-corrected chi connectivity index (χ4v) is 11.4. The first-order chi connectivity index (χ1) is 24.2. The first-order valence-electron chi connectivity index (χ1n) is 17.9. The van der Waals surface area contributed by atoms with Crippen molar-refractivity contribution in [2.24, 2.45) is 34.5 Å². The van der Waals surface area contributed by atoms with Crippen molar-refractivity contribution in [1.82, 2.24) is 9.97 Å². The Balaban J connectivity index is 0.00000286. The van der Waals surface area contributed by atoms with Gasteiger partial charge in [-0.25, -0.2) is 0 Å². The second-order valence-electron chi connectivity index (χ2n) is 15.6. The zero-order valence-electron chi connectivity index (χ0n) is 27.1. The minimum absolute atomic E-state index is 0. The van der Waals surface area contributed by atoms with Gasteiger partial charge in [0.05, 0.1) is 0 Å². The van der Waals surface area contributed by atoms with E-state index in [4.69, 9.17) is 9.97 Å². The van der Waals surface area contributed by atoms with E-state index in [1.807, 2.05) is 0 Å². The summed E-state index contributed by atoms with van der Waals surface area (Å²) in [6, 6.07) is 39.7. The fraction of sp³-hybridized carbons (Fsp3) is 0.217. The summed E-state index contributed by atoms with van der Waals surface area (Å²) >= 11 is 0. The molecular weight excluding hydrogens is 790 g/mol. The molecule has 2 fully saturated rings. The molecule has 8 aliphatic rings. The van der Waals surface area contributed by atoms with Crippen molar-refractivity contribution in [1.29, 1.82) is 0 Å². The van der Waals surface area contributed by atoms with Crippen LogP contribution in [0.5, 0.6) is 0 Å². The van der Waals surface area contributed by atoms with Crippen LogP contribution in [0, 0.1) is 46.6 Å². The summed E-state index contributed by atoms with van der Waals surface area (Å²) < 4.78 is 0. The quantitative estimate of drug-likeness (QED) is 0.131. The average Bonchev–Trinajstić information content (AvgIpc) is 3.91. The molecule has 5 aromatic rings. The summed E-state index contributed by atoms with van der Waals surface area (Å²) in [7, 11) is 0. The first-order valence-corrected chi connectivity index (χ1v) is 17.9. The number of fused-ring (bicyclic) bond motifs is 8. The van der Waals surface area contributed by atoms with E-state index in [0.29, 0.717) is 35.5 Å². The van der Waals surface area contributed by atoms with Crippen LogP contribution in [-0.4, -0.2) is 9.97 Å². The first kappa shape index (κ1) is 28.1. The topological polar surface area (TPSA) is 29.0 Å². The number of nitrogens with zero attached hydrogens (tertiary/aromatic N) is 3. The number of benzene rings is 3. The second kappa shape index (κ2) is 9.39. The summed E-state index contributed by atoms with van der Waals surface area (Å²) in [5, 5.41) is 0. The van der Waals surface area contributed by atoms with E-state index < -0.39 is 0 Å². The van der Waals surface area contributed by atoms with Crippen LogP contribution < -0.4 is 4.90 Å². The van der Waals surface area contributed by atoms with Crippen LogP contribution in [0.15, 0.2) is 140 Å². The predicted molar refractivity (Wildman–Crippen MR) is 192 cm³/mol. The van der Waals surface area contributed by atoms with Crippen molar-refractivity contribution in [2.45, 2.75) is 23.7 Å². The molecule has 3 nitrogen and oxygen atoms in total. The van der Waals surface area contributed by atoms with Crippen molar-refractivity contribution >= 4 is 17.3 Å². The van der Waals surface area contributed by atoms with E-state index in [9.17, 15) is 0 Å². The average molecular weight is 821 g/mol. The maximum absolute atomic E-state index is 5.30. The smallest absolute Gasteiger partial charge is 0.280 e. The molecule has 10 unspecified atom stereocenters. The molecule has 8 aliphatic carbocycles. The summed E-state index contributed by atoms with van der Waals surface area (Å²) in [6.45, 7) is 0. The molecule has 2 aromatic heterocycles. The minimum atomic E-state index is 0. The molecule has 0 aliphatic heterocycles. The zero-order valence-corrected chi connectivity index (χ0v) is 29.3. The maximum Gasteiger partial charge on any atom is 2.00 e. The van der Waals surface area contributed by atoms with Gasteiger partial charge in [-0.05, 0) is 83.0 Å². The van der Waals surface area contributed by atoms with Crippen molar-refractivity contribution in [3.05, 3.63) is 174 Å². The Kier molecular flexibility index (Phi) is 5.28. The Morgan fingerprint density at radius 1 is 0.540 bits per heavy atom. The number of hydrogen-bond acceptors (Lipinski definition) is 3. The molecule has 4 heteroatoms. The molecule has 0 radical (unpaired) electrons. The Morgan fingerprint density at radius 3 is 1.52 bits per heavy atom. The Labute approximate surface area is 306 Å². The molecule has 10 atom stereocenters. The molecule has 50 heavy (non-hydrogen) atoms. The van der Waals surface area contributed by atoms with Gasteiger partial charge in [0.1, 0.15) is 11.6 Å². The molecule has 3 aromatic carbocycles. The molecule has 2 saturated carbocycles. The molecule has 240 valence electrons. The van der Waals surface area contributed by atoms with E-state index in [1.165, 1.54) is 22.3 Å². The number of hydrogen-bond donors (Lipinski definition) is 0. The van der Waals surface area contributed by atoms with Crippen LogP contribution in [0.25, 0.3) is 22.5 Å². The molecule has 0 bridgehead atoms. The van der Waals surface area contributed by atoms with E-state index >= 15 is 0 Å². The maximum atomic E-state index is 5.30. The van der Waals surface area contributed by atoms with Crippen molar-refractivity contribution in [3.8, 4) is 22.5 Å². The van der Waals surface area contributed by atoms with E-state index in [0.717, 1.165) is 51.7 Å². The summed E-state index contributed by atoms with van der Waals surface area (Å²) in [6.07, 6.45) is 19.7. The largest absolute Gasteiger partial charge is 2.00 e. The SMILES string of the molecule is [Pt+2].[c-]1cc2c(cc1-c1cccc(N(c3ccccc3)c3cccc(-c4[c-]cc5c(c4)C4C=CC46C=CC4C5C46)n3)n1)C1C=CC13C=CC1C2C13. The molecule has 2 spiro atoms. The van der Waals surface area contributed by atoms with E-state index in [-0.39, 0.29) is 31.9 Å². The third kappa shape index (κ3) is 3.32. The van der Waals surface area contributed by atoms with Crippen LogP contribution in [0.1, 0.15) is 45.9 Å². The standard InChI is InChI=1S/C46H31N3.Pt/c1-2-6-28(7-3-1)49(39-10-4-8-37(47-39)26-12-14-29-33(24-26)35-18-22-45(35)20-16-31-41(29)43(31)45)40-11-5-9-38(48-40)27-13-15-30-34(25-27)36-19-23-46(36)21-17-32-42(30)44(32)46;/h1-11,14-25,31-32,35-36,41-44H;/q-2;+2. The third-order valence-corrected chi connectivity index (χ3v) is 13.7. The number of para-hydroxylation sites is 1. The Bertz CT molecular complexity index is 2290. The second-order valence-corrected chi connectivity index (χ2v) is 15.6. The third-order valence-electron chi connectivity index (χ3n) is 13.7. The summed E-state index contributed by atoms with van der Waals surface area (Å²) in [5.74, 6) is 6.89.